The summed E-state index contributed by atoms with van der Waals surface area (Å²) in [6, 6.07) is 8.20. The van der Waals surface area contributed by atoms with Crippen molar-refractivity contribution in [3.05, 3.63) is 75.7 Å². The molecule has 144 valence electrons. The first-order valence-corrected chi connectivity index (χ1v) is 8.96. The van der Waals surface area contributed by atoms with Gasteiger partial charge in [-0.2, -0.15) is 4.73 Å². The minimum absolute atomic E-state index is 0.236. The molecule has 3 aromatic heterocycles. The van der Waals surface area contributed by atoms with Gasteiger partial charge in [-0.15, -0.1) is 0 Å². The molecule has 1 N–H and O–H groups in total. The quantitative estimate of drug-likeness (QED) is 0.553. The summed E-state index contributed by atoms with van der Waals surface area (Å²) in [7, 11) is 3.97. The van der Waals surface area contributed by atoms with Crippen LogP contribution in [-0.4, -0.2) is 38.5 Å². The van der Waals surface area contributed by atoms with Crippen molar-refractivity contribution >= 4 is 21.8 Å². The van der Waals surface area contributed by atoms with E-state index >= 15 is 0 Å². The van der Waals surface area contributed by atoms with Crippen molar-refractivity contribution < 1.29 is 9.60 Å². The first-order valence-electron chi connectivity index (χ1n) is 8.96. The molecule has 0 aliphatic heterocycles. The molecule has 1 aromatic carbocycles. The molecule has 0 aliphatic rings. The molecule has 0 amide bonds. The molecule has 0 aliphatic carbocycles. The van der Waals surface area contributed by atoms with Crippen molar-refractivity contribution in [3.63, 3.8) is 0 Å². The van der Waals surface area contributed by atoms with E-state index in [2.05, 4.69) is 20.6 Å². The molecule has 7 heteroatoms. The van der Waals surface area contributed by atoms with E-state index < -0.39 is 5.56 Å². The maximum atomic E-state index is 13.2. The molecule has 6 nitrogen and oxygen atoms in total. The molecule has 28 heavy (non-hydrogen) atoms. The molecule has 0 bridgehead atoms. The standard InChI is InChI=1S/C21H21FN4O2/c1-13-8-17-19-15(11-24(2)3)12-25(10-14-4-6-16(22)7-5-14)18(19)9-23-20(17)21(27)26(13)28/h4-9,12,28H,10-11H2,1-3H3. The average molecular weight is 380 g/mol. The molecule has 4 aromatic rings. The van der Waals surface area contributed by atoms with E-state index in [0.29, 0.717) is 23.5 Å². The number of hydrogen-bond acceptors (Lipinski definition) is 4. The highest BCUT2D eigenvalue weighted by Crippen LogP contribution is 2.29. The highest BCUT2D eigenvalue weighted by molar-refractivity contribution is 6.06. The topological polar surface area (TPSA) is 63.3 Å². The van der Waals surface area contributed by atoms with Crippen LogP contribution in [0, 0.1) is 12.7 Å². The zero-order chi connectivity index (χ0) is 20.0. The van der Waals surface area contributed by atoms with E-state index in [1.807, 2.05) is 14.1 Å². The Balaban J connectivity index is 1.98. The Kier molecular flexibility index (Phi) is 4.39. The summed E-state index contributed by atoms with van der Waals surface area (Å²) < 4.78 is 15.9. The van der Waals surface area contributed by atoms with E-state index in [9.17, 15) is 14.4 Å². The maximum Gasteiger partial charge on any atom is 0.309 e. The summed E-state index contributed by atoms with van der Waals surface area (Å²) in [5.74, 6) is -0.266. The van der Waals surface area contributed by atoms with Crippen LogP contribution in [0.4, 0.5) is 4.39 Å². The molecule has 0 saturated heterocycles. The summed E-state index contributed by atoms with van der Waals surface area (Å²) >= 11 is 0. The van der Waals surface area contributed by atoms with E-state index in [1.165, 1.54) is 12.1 Å². The van der Waals surface area contributed by atoms with Crippen molar-refractivity contribution in [1.29, 1.82) is 0 Å². The minimum Gasteiger partial charge on any atom is -0.425 e. The lowest BCUT2D eigenvalue weighted by molar-refractivity contribution is 0.170. The molecular weight excluding hydrogens is 359 g/mol. The molecule has 0 spiro atoms. The van der Waals surface area contributed by atoms with Crippen LogP contribution >= 0.6 is 0 Å². The number of benzene rings is 1. The van der Waals surface area contributed by atoms with E-state index in [4.69, 9.17) is 0 Å². The number of fused-ring (bicyclic) bond motifs is 3. The van der Waals surface area contributed by atoms with Crippen LogP contribution in [0.25, 0.3) is 21.8 Å². The fourth-order valence-corrected chi connectivity index (χ4v) is 3.61. The monoisotopic (exact) mass is 380 g/mol. The number of aryl methyl sites for hydroxylation is 1. The smallest absolute Gasteiger partial charge is 0.309 e. The number of hydrogen-bond donors (Lipinski definition) is 1. The molecule has 0 fully saturated rings. The predicted molar refractivity (Wildman–Crippen MR) is 106 cm³/mol. The Morgan fingerprint density at radius 3 is 2.61 bits per heavy atom. The van der Waals surface area contributed by atoms with E-state index in [-0.39, 0.29) is 11.3 Å². The molecule has 0 atom stereocenters. The second-order valence-corrected chi connectivity index (χ2v) is 7.33. The Labute approximate surface area is 161 Å². The van der Waals surface area contributed by atoms with Crippen molar-refractivity contribution in [2.45, 2.75) is 20.0 Å². The maximum absolute atomic E-state index is 13.2. The normalized spacial score (nSPS) is 11.8. The van der Waals surface area contributed by atoms with Gasteiger partial charge in [-0.25, -0.2) is 9.37 Å². The fraction of sp³-hybridized carbons (Fsp3) is 0.238. The van der Waals surface area contributed by atoms with Crippen LogP contribution in [0.1, 0.15) is 16.8 Å². The molecule has 3 heterocycles. The van der Waals surface area contributed by atoms with Crippen molar-refractivity contribution in [1.82, 2.24) is 19.2 Å². The predicted octanol–water partition coefficient (Wildman–Crippen LogP) is 3.15. The second kappa shape index (κ2) is 6.76. The average Bonchev–Trinajstić information content (AvgIpc) is 2.98. The van der Waals surface area contributed by atoms with Gasteiger partial charge in [0.1, 0.15) is 11.3 Å². The van der Waals surface area contributed by atoms with Gasteiger partial charge in [0.25, 0.3) is 0 Å². The minimum atomic E-state index is -0.529. The summed E-state index contributed by atoms with van der Waals surface area (Å²) in [6.45, 7) is 2.93. The third-order valence-electron chi connectivity index (χ3n) is 4.87. The third kappa shape index (κ3) is 3.03. The lowest BCUT2D eigenvalue weighted by Crippen LogP contribution is -2.20. The van der Waals surface area contributed by atoms with Gasteiger partial charge in [-0.3, -0.25) is 4.79 Å². The summed E-state index contributed by atoms with van der Waals surface area (Å²) in [6.07, 6.45) is 3.71. The summed E-state index contributed by atoms with van der Waals surface area (Å²) in [4.78, 5) is 18.8. The fourth-order valence-electron chi connectivity index (χ4n) is 3.61. The second-order valence-electron chi connectivity index (χ2n) is 7.33. The van der Waals surface area contributed by atoms with Crippen LogP contribution in [-0.2, 0) is 13.1 Å². The number of halogens is 1. The Morgan fingerprint density at radius 2 is 1.93 bits per heavy atom. The van der Waals surface area contributed by atoms with Crippen molar-refractivity contribution in [2.24, 2.45) is 0 Å². The van der Waals surface area contributed by atoms with Gasteiger partial charge in [-0.1, -0.05) is 12.1 Å². The summed E-state index contributed by atoms with van der Waals surface area (Å²) in [5.41, 5.74) is 3.08. The molecule has 4 rings (SSSR count). The van der Waals surface area contributed by atoms with Gasteiger partial charge in [0, 0.05) is 30.1 Å². The zero-order valence-corrected chi connectivity index (χ0v) is 16.0. The van der Waals surface area contributed by atoms with Crippen molar-refractivity contribution in [3.8, 4) is 0 Å². The molecule has 0 radical (unpaired) electrons. The van der Waals surface area contributed by atoms with Gasteiger partial charge in [0.2, 0.25) is 0 Å². The Bertz CT molecular complexity index is 1240. The zero-order valence-electron chi connectivity index (χ0n) is 16.0. The van der Waals surface area contributed by atoms with Crippen LogP contribution in [0.5, 0.6) is 0 Å². The van der Waals surface area contributed by atoms with Crippen molar-refractivity contribution in [2.75, 3.05) is 14.1 Å². The van der Waals surface area contributed by atoms with E-state index in [1.54, 1.807) is 31.3 Å². The van der Waals surface area contributed by atoms with Gasteiger partial charge in [-0.05, 0) is 50.3 Å². The lowest BCUT2D eigenvalue weighted by Gasteiger charge is -2.10. The number of aromatic nitrogens is 3. The van der Waals surface area contributed by atoms with Crippen LogP contribution < -0.4 is 5.56 Å². The van der Waals surface area contributed by atoms with Gasteiger partial charge in [0.15, 0.2) is 0 Å². The highest BCUT2D eigenvalue weighted by atomic mass is 19.1. The van der Waals surface area contributed by atoms with E-state index in [0.717, 1.165) is 27.4 Å². The van der Waals surface area contributed by atoms with Crippen LogP contribution in [0.15, 0.2) is 47.5 Å². The SMILES string of the molecule is Cc1cc2c(ncc3c2c(CN(C)C)cn3Cc2ccc(F)cc2)c(=O)n1O. The number of pyridine rings is 2. The number of rotatable bonds is 4. The van der Waals surface area contributed by atoms with Crippen LogP contribution in [0.2, 0.25) is 0 Å². The number of nitrogens with zero attached hydrogens (tertiary/aromatic N) is 4. The largest absolute Gasteiger partial charge is 0.425 e. The third-order valence-corrected chi connectivity index (χ3v) is 4.87. The van der Waals surface area contributed by atoms with Gasteiger partial charge in [0.05, 0.1) is 17.4 Å². The Hall–Kier alpha value is -3.19. The van der Waals surface area contributed by atoms with Crippen LogP contribution in [0.3, 0.4) is 0 Å². The molecular formula is C21H21FN4O2. The van der Waals surface area contributed by atoms with Gasteiger partial charge < -0.3 is 14.7 Å². The first-order chi connectivity index (χ1) is 13.3. The molecule has 0 saturated carbocycles. The highest BCUT2D eigenvalue weighted by Gasteiger charge is 2.17. The summed E-state index contributed by atoms with van der Waals surface area (Å²) in [5, 5.41) is 11.6. The first kappa shape index (κ1) is 18.2. The lowest BCUT2D eigenvalue weighted by atomic mass is 10.1. The molecule has 0 unspecified atom stereocenters. The van der Waals surface area contributed by atoms with Gasteiger partial charge >= 0.3 is 5.56 Å². The Morgan fingerprint density at radius 1 is 1.21 bits per heavy atom.